The Hall–Kier alpha value is -3.85. The average molecular weight is 587 g/mol. The molecule has 4 rings (SSSR count). The SMILES string of the molecule is Cc1ccc(N2C(=O)NC(=O)/C(=C\c3cc(Cl)c(OCC(=O)Nc4cccc(C)c4C)c(Cl)c3)C2=O)cc1Cl. The van der Waals surface area contributed by atoms with E-state index >= 15 is 0 Å². The van der Waals surface area contributed by atoms with Crippen LogP contribution >= 0.6 is 34.8 Å². The van der Waals surface area contributed by atoms with Gasteiger partial charge in [0.05, 0.1) is 15.7 Å². The van der Waals surface area contributed by atoms with Crippen molar-refractivity contribution in [3.63, 3.8) is 0 Å². The zero-order valence-corrected chi connectivity index (χ0v) is 23.3. The smallest absolute Gasteiger partial charge is 0.335 e. The van der Waals surface area contributed by atoms with E-state index in [2.05, 4.69) is 10.6 Å². The Bertz CT molecular complexity index is 1540. The lowest BCUT2D eigenvalue weighted by atomic mass is 10.1. The van der Waals surface area contributed by atoms with E-state index in [1.54, 1.807) is 25.1 Å². The van der Waals surface area contributed by atoms with E-state index in [9.17, 15) is 19.2 Å². The zero-order chi connectivity index (χ0) is 28.4. The lowest BCUT2D eigenvalue weighted by molar-refractivity contribution is -0.122. The van der Waals surface area contributed by atoms with E-state index < -0.39 is 23.8 Å². The van der Waals surface area contributed by atoms with Crippen LogP contribution in [0.1, 0.15) is 22.3 Å². The van der Waals surface area contributed by atoms with E-state index in [0.29, 0.717) is 16.3 Å². The molecule has 39 heavy (non-hydrogen) atoms. The van der Waals surface area contributed by atoms with E-state index in [-0.39, 0.29) is 33.7 Å². The number of amides is 5. The van der Waals surface area contributed by atoms with Crippen molar-refractivity contribution >= 4 is 76.0 Å². The van der Waals surface area contributed by atoms with Gasteiger partial charge in [0.2, 0.25) is 0 Å². The Morgan fingerprint density at radius 1 is 0.949 bits per heavy atom. The minimum absolute atomic E-state index is 0.0517. The molecule has 0 bridgehead atoms. The van der Waals surface area contributed by atoms with Gasteiger partial charge < -0.3 is 10.1 Å². The van der Waals surface area contributed by atoms with Crippen LogP contribution in [-0.4, -0.2) is 30.4 Å². The van der Waals surface area contributed by atoms with Gasteiger partial charge in [-0.15, -0.1) is 0 Å². The molecule has 0 aromatic heterocycles. The van der Waals surface area contributed by atoms with Crippen molar-refractivity contribution in [2.75, 3.05) is 16.8 Å². The van der Waals surface area contributed by atoms with Crippen LogP contribution in [0.5, 0.6) is 5.75 Å². The number of hydrogen-bond acceptors (Lipinski definition) is 5. The number of barbiturate groups is 1. The van der Waals surface area contributed by atoms with Crippen molar-refractivity contribution in [3.05, 3.63) is 91.4 Å². The van der Waals surface area contributed by atoms with Crippen molar-refractivity contribution in [2.24, 2.45) is 0 Å². The van der Waals surface area contributed by atoms with Crippen LogP contribution in [0, 0.1) is 20.8 Å². The third-order valence-electron chi connectivity index (χ3n) is 6.07. The largest absolute Gasteiger partial charge is 0.481 e. The Kier molecular flexibility index (Phi) is 8.30. The first-order valence-corrected chi connectivity index (χ1v) is 12.7. The van der Waals surface area contributed by atoms with Crippen LogP contribution in [0.2, 0.25) is 15.1 Å². The van der Waals surface area contributed by atoms with Gasteiger partial charge in [0.15, 0.2) is 12.4 Å². The first kappa shape index (κ1) is 28.2. The van der Waals surface area contributed by atoms with Gasteiger partial charge >= 0.3 is 6.03 Å². The molecular weight excluding hydrogens is 565 g/mol. The highest BCUT2D eigenvalue weighted by atomic mass is 35.5. The molecule has 0 radical (unpaired) electrons. The van der Waals surface area contributed by atoms with Gasteiger partial charge in [0.25, 0.3) is 17.7 Å². The molecule has 0 saturated carbocycles. The van der Waals surface area contributed by atoms with Gasteiger partial charge in [-0.1, -0.05) is 53.0 Å². The number of rotatable bonds is 6. The number of hydrogen-bond donors (Lipinski definition) is 2. The summed E-state index contributed by atoms with van der Waals surface area (Å²) in [5, 5.41) is 5.38. The summed E-state index contributed by atoms with van der Waals surface area (Å²) in [6, 6.07) is 12.1. The molecule has 5 amide bonds. The van der Waals surface area contributed by atoms with E-state index in [4.69, 9.17) is 39.5 Å². The van der Waals surface area contributed by atoms with Crippen LogP contribution in [0.4, 0.5) is 16.2 Å². The number of nitrogens with zero attached hydrogens (tertiary/aromatic N) is 1. The van der Waals surface area contributed by atoms with Crippen molar-refractivity contribution in [3.8, 4) is 5.75 Å². The van der Waals surface area contributed by atoms with Crippen LogP contribution in [0.25, 0.3) is 6.08 Å². The Labute approximate surface area is 239 Å². The fraction of sp³-hybridized carbons (Fsp3) is 0.143. The van der Waals surface area contributed by atoms with E-state index in [0.717, 1.165) is 21.6 Å². The first-order valence-electron chi connectivity index (χ1n) is 11.6. The summed E-state index contributed by atoms with van der Waals surface area (Å²) in [5.74, 6) is -2.08. The van der Waals surface area contributed by atoms with E-state index in [1.807, 2.05) is 26.0 Å². The maximum absolute atomic E-state index is 13.2. The van der Waals surface area contributed by atoms with Crippen molar-refractivity contribution in [1.29, 1.82) is 0 Å². The molecule has 1 aliphatic heterocycles. The molecule has 0 spiro atoms. The van der Waals surface area contributed by atoms with Crippen molar-refractivity contribution in [2.45, 2.75) is 20.8 Å². The van der Waals surface area contributed by atoms with Crippen LogP contribution in [0.15, 0.2) is 54.1 Å². The lowest BCUT2D eigenvalue weighted by Crippen LogP contribution is -2.54. The number of carbonyl (C=O) groups is 4. The van der Waals surface area contributed by atoms with Gasteiger partial charge in [-0.25, -0.2) is 9.69 Å². The number of ether oxygens (including phenoxy) is 1. The van der Waals surface area contributed by atoms with Crippen LogP contribution in [0.3, 0.4) is 0 Å². The molecule has 200 valence electrons. The molecule has 3 aromatic rings. The first-order chi connectivity index (χ1) is 18.5. The summed E-state index contributed by atoms with van der Waals surface area (Å²) < 4.78 is 5.56. The third-order valence-corrected chi connectivity index (χ3v) is 7.04. The minimum Gasteiger partial charge on any atom is -0.481 e. The van der Waals surface area contributed by atoms with Crippen LogP contribution < -0.4 is 20.3 Å². The second kappa shape index (κ2) is 11.5. The third kappa shape index (κ3) is 6.09. The van der Waals surface area contributed by atoms with Crippen molar-refractivity contribution in [1.82, 2.24) is 5.32 Å². The average Bonchev–Trinajstić information content (AvgIpc) is 2.86. The summed E-state index contributed by atoms with van der Waals surface area (Å²) in [4.78, 5) is 51.4. The van der Waals surface area contributed by atoms with Crippen molar-refractivity contribution < 1.29 is 23.9 Å². The fourth-order valence-electron chi connectivity index (χ4n) is 3.79. The number of carbonyl (C=O) groups excluding carboxylic acids is 4. The number of urea groups is 1. The van der Waals surface area contributed by atoms with Gasteiger partial charge in [-0.3, -0.25) is 19.7 Å². The fourth-order valence-corrected chi connectivity index (χ4v) is 4.58. The highest BCUT2D eigenvalue weighted by Crippen LogP contribution is 2.35. The second-order valence-electron chi connectivity index (χ2n) is 8.79. The van der Waals surface area contributed by atoms with Crippen LogP contribution in [-0.2, 0) is 14.4 Å². The summed E-state index contributed by atoms with van der Waals surface area (Å²) in [5.41, 5.74) is 3.57. The Morgan fingerprint density at radius 2 is 1.64 bits per heavy atom. The number of aryl methyl sites for hydroxylation is 2. The molecule has 0 atom stereocenters. The van der Waals surface area contributed by atoms with Gasteiger partial charge in [-0.05, 0) is 79.4 Å². The molecule has 1 fully saturated rings. The van der Waals surface area contributed by atoms with Gasteiger partial charge in [-0.2, -0.15) is 0 Å². The normalized spacial score (nSPS) is 14.5. The molecule has 0 unspecified atom stereocenters. The quantitative estimate of drug-likeness (QED) is 0.262. The highest BCUT2D eigenvalue weighted by molar-refractivity contribution is 6.40. The standard InChI is InChI=1S/C28H22Cl3N3O5/c1-14-5-4-6-23(16(14)3)32-24(35)13-39-25-21(30)10-17(11-22(25)31)9-19-26(36)33-28(38)34(27(19)37)18-8-7-15(2)20(29)12-18/h4-12H,13H2,1-3H3,(H,32,35)(H,33,36,38)/b19-9+. The molecule has 1 aliphatic rings. The molecule has 2 N–H and O–H groups in total. The molecular formula is C28H22Cl3N3O5. The lowest BCUT2D eigenvalue weighted by Gasteiger charge is -2.26. The predicted octanol–water partition coefficient (Wildman–Crippen LogP) is 6.26. The monoisotopic (exact) mass is 585 g/mol. The highest BCUT2D eigenvalue weighted by Gasteiger charge is 2.37. The number of benzene rings is 3. The molecule has 0 aliphatic carbocycles. The van der Waals surface area contributed by atoms with Gasteiger partial charge in [0, 0.05) is 10.7 Å². The topological polar surface area (TPSA) is 105 Å². The number of nitrogens with one attached hydrogen (secondary N) is 2. The molecule has 1 heterocycles. The number of anilines is 2. The summed E-state index contributed by atoms with van der Waals surface area (Å²) in [6.07, 6.45) is 1.25. The zero-order valence-electron chi connectivity index (χ0n) is 21.0. The number of halogens is 3. The summed E-state index contributed by atoms with van der Waals surface area (Å²) >= 11 is 18.9. The molecule has 8 nitrogen and oxygen atoms in total. The number of imide groups is 2. The minimum atomic E-state index is -0.902. The van der Waals surface area contributed by atoms with Gasteiger partial charge in [0.1, 0.15) is 5.57 Å². The molecule has 3 aromatic carbocycles. The Balaban J connectivity index is 1.53. The molecule has 11 heteroatoms. The summed E-state index contributed by atoms with van der Waals surface area (Å²) in [7, 11) is 0. The molecule has 1 saturated heterocycles. The van der Waals surface area contributed by atoms with E-state index in [1.165, 1.54) is 24.3 Å². The summed E-state index contributed by atoms with van der Waals surface area (Å²) in [6.45, 7) is 5.26. The predicted molar refractivity (Wildman–Crippen MR) is 152 cm³/mol. The maximum atomic E-state index is 13.2. The maximum Gasteiger partial charge on any atom is 0.335 e. The second-order valence-corrected chi connectivity index (χ2v) is 10.0. The Morgan fingerprint density at radius 3 is 2.31 bits per heavy atom.